The van der Waals surface area contributed by atoms with Crippen molar-refractivity contribution in [3.63, 3.8) is 0 Å². The average Bonchev–Trinajstić information content (AvgIpc) is 2.49. The van der Waals surface area contributed by atoms with Gasteiger partial charge in [-0.3, -0.25) is 10.1 Å². The summed E-state index contributed by atoms with van der Waals surface area (Å²) in [5.41, 5.74) is 0. The average molecular weight is 179 g/mol. The Hall–Kier alpha value is -1.32. The summed E-state index contributed by atoms with van der Waals surface area (Å²) >= 11 is 0. The predicted octanol–water partition coefficient (Wildman–Crippen LogP) is 1.54. The van der Waals surface area contributed by atoms with E-state index < -0.39 is 0 Å². The highest BCUT2D eigenvalue weighted by molar-refractivity contribution is 5.89. The van der Waals surface area contributed by atoms with E-state index in [2.05, 4.69) is 15.3 Å². The lowest BCUT2D eigenvalue weighted by atomic mass is 9.83. The van der Waals surface area contributed by atoms with Crippen molar-refractivity contribution in [1.29, 1.82) is 0 Å². The van der Waals surface area contributed by atoms with Gasteiger partial charge >= 0.3 is 0 Å². The predicted molar refractivity (Wildman–Crippen MR) is 49.2 cm³/mol. The van der Waals surface area contributed by atoms with Gasteiger partial charge in [-0.1, -0.05) is 6.42 Å². The smallest absolute Gasteiger partial charge is 0.226 e. The van der Waals surface area contributed by atoms with Gasteiger partial charge in [0.1, 0.15) is 0 Å². The molecule has 1 aliphatic rings. The number of nitrogens with zero attached hydrogens (tertiary/aromatic N) is 1. The molecule has 0 atom stereocenters. The number of hydrogen-bond acceptors (Lipinski definition) is 2. The van der Waals surface area contributed by atoms with Crippen LogP contribution in [0.5, 0.6) is 0 Å². The van der Waals surface area contributed by atoms with E-state index in [0.29, 0.717) is 18.3 Å². The first-order valence-corrected chi connectivity index (χ1v) is 4.64. The molecule has 2 rings (SSSR count). The normalized spacial score (nSPS) is 16.6. The molecule has 4 heteroatoms. The molecule has 1 aromatic heterocycles. The Kier molecular flexibility index (Phi) is 2.29. The second-order valence-corrected chi connectivity index (χ2v) is 3.49. The van der Waals surface area contributed by atoms with Crippen LogP contribution in [0.15, 0.2) is 12.4 Å². The Morgan fingerprint density at radius 3 is 3.08 bits per heavy atom. The number of aromatic nitrogens is 2. The third-order valence-electron chi connectivity index (χ3n) is 2.45. The Balaban J connectivity index is 1.78. The Morgan fingerprint density at radius 1 is 1.69 bits per heavy atom. The zero-order valence-corrected chi connectivity index (χ0v) is 7.42. The van der Waals surface area contributed by atoms with Crippen LogP contribution in [-0.2, 0) is 4.79 Å². The number of carbonyl (C=O) groups is 1. The number of rotatable bonds is 3. The van der Waals surface area contributed by atoms with Gasteiger partial charge in [0.15, 0.2) is 0 Å². The first-order valence-electron chi connectivity index (χ1n) is 4.64. The number of amides is 1. The van der Waals surface area contributed by atoms with Crippen molar-refractivity contribution in [3.05, 3.63) is 12.4 Å². The molecule has 0 spiro atoms. The van der Waals surface area contributed by atoms with Crippen LogP contribution >= 0.6 is 0 Å². The molecule has 0 aromatic carbocycles. The number of carbonyl (C=O) groups excluding carboxylic acids is 1. The monoisotopic (exact) mass is 179 g/mol. The van der Waals surface area contributed by atoms with Crippen LogP contribution in [0.2, 0.25) is 0 Å². The number of anilines is 1. The Bertz CT molecular complexity index is 277. The van der Waals surface area contributed by atoms with Crippen LogP contribution < -0.4 is 5.32 Å². The molecule has 0 saturated heterocycles. The maximum Gasteiger partial charge on any atom is 0.226 e. The van der Waals surface area contributed by atoms with Crippen LogP contribution in [0, 0.1) is 5.92 Å². The minimum Gasteiger partial charge on any atom is -0.331 e. The van der Waals surface area contributed by atoms with Crippen molar-refractivity contribution in [2.45, 2.75) is 25.7 Å². The summed E-state index contributed by atoms with van der Waals surface area (Å²) in [5.74, 6) is 1.22. The van der Waals surface area contributed by atoms with Gasteiger partial charge in [0, 0.05) is 18.8 Å². The summed E-state index contributed by atoms with van der Waals surface area (Å²) in [6.45, 7) is 0. The summed E-state index contributed by atoms with van der Waals surface area (Å²) in [6, 6.07) is 0. The number of imidazole rings is 1. The van der Waals surface area contributed by atoms with Crippen molar-refractivity contribution in [2.24, 2.45) is 5.92 Å². The standard InChI is InChI=1S/C9H13N3O/c13-8(6-7-2-1-3-7)12-9-10-4-5-11-9/h4-5,7H,1-3,6H2,(H2,10,11,12,13). The van der Waals surface area contributed by atoms with Gasteiger partial charge in [0.25, 0.3) is 0 Å². The lowest BCUT2D eigenvalue weighted by Gasteiger charge is -2.24. The van der Waals surface area contributed by atoms with E-state index >= 15 is 0 Å². The third-order valence-corrected chi connectivity index (χ3v) is 2.45. The lowest BCUT2D eigenvalue weighted by molar-refractivity contribution is -0.117. The molecule has 2 N–H and O–H groups in total. The summed E-state index contributed by atoms with van der Waals surface area (Å²) < 4.78 is 0. The van der Waals surface area contributed by atoms with Crippen molar-refractivity contribution in [3.8, 4) is 0 Å². The highest BCUT2D eigenvalue weighted by Crippen LogP contribution is 2.29. The number of hydrogen-bond donors (Lipinski definition) is 2. The summed E-state index contributed by atoms with van der Waals surface area (Å²) in [4.78, 5) is 18.1. The number of nitrogens with one attached hydrogen (secondary N) is 2. The molecular formula is C9H13N3O. The molecule has 0 bridgehead atoms. The SMILES string of the molecule is O=C(CC1CCC1)Nc1ncc[nH]1. The van der Waals surface area contributed by atoms with Gasteiger partial charge in [-0.25, -0.2) is 4.98 Å². The van der Waals surface area contributed by atoms with Crippen LogP contribution in [0.25, 0.3) is 0 Å². The molecule has 4 nitrogen and oxygen atoms in total. The second-order valence-electron chi connectivity index (χ2n) is 3.49. The van der Waals surface area contributed by atoms with Gasteiger partial charge in [-0.15, -0.1) is 0 Å². The quantitative estimate of drug-likeness (QED) is 0.739. The van der Waals surface area contributed by atoms with Gasteiger partial charge in [0.05, 0.1) is 0 Å². The van der Waals surface area contributed by atoms with Crippen LogP contribution in [0.1, 0.15) is 25.7 Å². The lowest BCUT2D eigenvalue weighted by Crippen LogP contribution is -2.21. The zero-order chi connectivity index (χ0) is 9.10. The first kappa shape index (κ1) is 8.29. The van der Waals surface area contributed by atoms with Crippen molar-refractivity contribution in [1.82, 2.24) is 9.97 Å². The summed E-state index contributed by atoms with van der Waals surface area (Å²) in [5, 5.41) is 2.72. The fraction of sp³-hybridized carbons (Fsp3) is 0.556. The largest absolute Gasteiger partial charge is 0.331 e. The van der Waals surface area contributed by atoms with Crippen molar-refractivity contribution >= 4 is 11.9 Å². The minimum absolute atomic E-state index is 0.0691. The van der Waals surface area contributed by atoms with Crippen LogP contribution in [0.4, 0.5) is 5.95 Å². The molecular weight excluding hydrogens is 166 g/mol. The Morgan fingerprint density at radius 2 is 2.54 bits per heavy atom. The van der Waals surface area contributed by atoms with Gasteiger partial charge in [-0.05, 0) is 18.8 Å². The molecule has 0 unspecified atom stereocenters. The van der Waals surface area contributed by atoms with E-state index in [-0.39, 0.29) is 5.91 Å². The van der Waals surface area contributed by atoms with Crippen molar-refractivity contribution in [2.75, 3.05) is 5.32 Å². The fourth-order valence-corrected chi connectivity index (χ4v) is 1.48. The molecule has 13 heavy (non-hydrogen) atoms. The molecule has 70 valence electrons. The minimum atomic E-state index is 0.0691. The van der Waals surface area contributed by atoms with Crippen LogP contribution in [-0.4, -0.2) is 15.9 Å². The van der Waals surface area contributed by atoms with Crippen LogP contribution in [0.3, 0.4) is 0 Å². The van der Waals surface area contributed by atoms with Gasteiger partial charge < -0.3 is 4.98 Å². The molecule has 1 aliphatic carbocycles. The molecule has 0 radical (unpaired) electrons. The Labute approximate surface area is 76.8 Å². The van der Waals surface area contributed by atoms with E-state index in [4.69, 9.17) is 0 Å². The topological polar surface area (TPSA) is 57.8 Å². The molecule has 1 aromatic rings. The van der Waals surface area contributed by atoms with E-state index in [1.54, 1.807) is 12.4 Å². The first-order chi connectivity index (χ1) is 6.34. The third kappa shape index (κ3) is 2.08. The van der Waals surface area contributed by atoms with E-state index in [1.807, 2.05) is 0 Å². The summed E-state index contributed by atoms with van der Waals surface area (Å²) in [6.07, 6.45) is 7.63. The molecule has 1 saturated carbocycles. The second kappa shape index (κ2) is 3.60. The van der Waals surface area contributed by atoms with E-state index in [0.717, 1.165) is 0 Å². The maximum atomic E-state index is 11.3. The maximum absolute atomic E-state index is 11.3. The molecule has 1 fully saturated rings. The zero-order valence-electron chi connectivity index (χ0n) is 7.42. The number of H-pyrrole nitrogens is 1. The molecule has 1 amide bonds. The van der Waals surface area contributed by atoms with Gasteiger partial charge in [0.2, 0.25) is 11.9 Å². The highest BCUT2D eigenvalue weighted by Gasteiger charge is 2.20. The highest BCUT2D eigenvalue weighted by atomic mass is 16.1. The molecule has 1 heterocycles. The van der Waals surface area contributed by atoms with E-state index in [1.165, 1.54) is 19.3 Å². The van der Waals surface area contributed by atoms with Gasteiger partial charge in [-0.2, -0.15) is 0 Å². The van der Waals surface area contributed by atoms with E-state index in [9.17, 15) is 4.79 Å². The van der Waals surface area contributed by atoms with Crippen molar-refractivity contribution < 1.29 is 4.79 Å². The summed E-state index contributed by atoms with van der Waals surface area (Å²) in [7, 11) is 0. The molecule has 0 aliphatic heterocycles. The number of aromatic amines is 1. The fourth-order valence-electron chi connectivity index (χ4n) is 1.48.